The van der Waals surface area contributed by atoms with Crippen LogP contribution in [0.2, 0.25) is 0 Å². The van der Waals surface area contributed by atoms with E-state index in [2.05, 4.69) is 28.0 Å². The molecule has 1 fully saturated rings. The van der Waals surface area contributed by atoms with Crippen LogP contribution in [-0.4, -0.2) is 73.0 Å². The van der Waals surface area contributed by atoms with Crippen LogP contribution in [-0.2, 0) is 38.2 Å². The third-order valence-corrected chi connectivity index (χ3v) is 6.05. The molecule has 2 aromatic heterocycles. The molecule has 30 heavy (non-hydrogen) atoms. The maximum atomic E-state index is 11.6. The summed E-state index contributed by atoms with van der Waals surface area (Å²) in [6, 6.07) is 0. The van der Waals surface area contributed by atoms with Gasteiger partial charge in [0.2, 0.25) is 0 Å². The highest BCUT2D eigenvalue weighted by molar-refractivity contribution is 7.79. The van der Waals surface area contributed by atoms with Crippen LogP contribution in [0.15, 0.2) is 12.7 Å². The molecule has 3 rings (SSSR count). The van der Waals surface area contributed by atoms with E-state index < -0.39 is 58.2 Å². The van der Waals surface area contributed by atoms with Gasteiger partial charge in [-0.3, -0.25) is 18.2 Å². The quantitative estimate of drug-likeness (QED) is 0.180. The zero-order chi connectivity index (χ0) is 22.3. The molecular formula is C10H15N5O12P2S. The molecule has 0 aliphatic carbocycles. The van der Waals surface area contributed by atoms with Gasteiger partial charge in [-0.2, -0.15) is 8.18 Å². The third-order valence-electron chi connectivity index (χ3n) is 3.79. The van der Waals surface area contributed by atoms with E-state index in [9.17, 15) is 23.3 Å². The number of aromatic nitrogens is 4. The van der Waals surface area contributed by atoms with Gasteiger partial charge in [-0.25, -0.2) is 24.1 Å². The number of phosphoric ester groups is 2. The van der Waals surface area contributed by atoms with Gasteiger partial charge in [-0.15, -0.1) is 0 Å². The Morgan fingerprint density at radius 3 is 2.60 bits per heavy atom. The SMILES string of the molecule is Nc1ncnc2c1ncn2[C@@H]1O[C@H](COP(=O)(O)OS(=O)O)[C@@H](OP(=O)(O)O)[C@H]1O. The summed E-state index contributed by atoms with van der Waals surface area (Å²) in [5.74, 6) is 0.0181. The van der Waals surface area contributed by atoms with Gasteiger partial charge in [-0.1, -0.05) is 0 Å². The summed E-state index contributed by atoms with van der Waals surface area (Å²) in [5, 5.41) is 10.5. The van der Waals surface area contributed by atoms with Crippen LogP contribution >= 0.6 is 15.6 Å². The predicted octanol–water partition coefficient (Wildman–Crippen LogP) is -1.59. The first kappa shape index (κ1) is 23.3. The Morgan fingerprint density at radius 2 is 1.97 bits per heavy atom. The van der Waals surface area contributed by atoms with Gasteiger partial charge in [0.05, 0.1) is 12.9 Å². The van der Waals surface area contributed by atoms with Crippen molar-refractivity contribution in [1.82, 2.24) is 19.5 Å². The van der Waals surface area contributed by atoms with E-state index in [1.807, 2.05) is 0 Å². The molecule has 1 saturated heterocycles. The van der Waals surface area contributed by atoms with E-state index in [-0.39, 0.29) is 17.0 Å². The van der Waals surface area contributed by atoms with Crippen molar-refractivity contribution in [3.63, 3.8) is 0 Å². The average Bonchev–Trinajstić information content (AvgIpc) is 3.14. The first-order chi connectivity index (χ1) is 13.9. The molecule has 1 aliphatic rings. The van der Waals surface area contributed by atoms with Crippen molar-refractivity contribution in [1.29, 1.82) is 0 Å². The van der Waals surface area contributed by atoms with E-state index in [0.29, 0.717) is 0 Å². The smallest absolute Gasteiger partial charge is 0.386 e. The van der Waals surface area contributed by atoms with E-state index in [0.717, 1.165) is 12.7 Å². The Kier molecular flexibility index (Phi) is 6.68. The lowest BCUT2D eigenvalue weighted by atomic mass is 10.1. The zero-order valence-corrected chi connectivity index (χ0v) is 17.0. The molecule has 2 unspecified atom stereocenters. The standard InChI is InChI=1S/C10H15N5O12P2S/c11-8-5-9(13-2-12-8)15(3-14-5)10-6(16)7(26-28(17,18)19)4(25-10)1-24-29(20,21)27-30(22)23/h2-4,6-7,10,16H,1H2,(H,20,21)(H,22,23)(H2,11,12,13)(H2,17,18,19)/t4-,6-,7-,10-/m1/s1. The lowest BCUT2D eigenvalue weighted by molar-refractivity contribution is -0.0499. The number of nitrogens with two attached hydrogens (primary N) is 1. The summed E-state index contributed by atoms with van der Waals surface area (Å²) in [6.07, 6.45) is -4.16. The molecule has 0 amide bonds. The number of hydrogen-bond acceptors (Lipinski definition) is 12. The molecule has 17 nitrogen and oxygen atoms in total. The molecular weight excluding hydrogens is 476 g/mol. The summed E-state index contributed by atoms with van der Waals surface area (Å²) in [5.41, 5.74) is 5.94. The Bertz CT molecular complexity index is 1050. The first-order valence-electron chi connectivity index (χ1n) is 7.67. The minimum Gasteiger partial charge on any atom is -0.386 e. The number of anilines is 1. The fourth-order valence-electron chi connectivity index (χ4n) is 2.70. The molecule has 7 N–H and O–H groups in total. The predicted molar refractivity (Wildman–Crippen MR) is 94.2 cm³/mol. The fourth-order valence-corrected chi connectivity index (χ4v) is 4.43. The Morgan fingerprint density at radius 1 is 1.27 bits per heavy atom. The fraction of sp³-hybridized carbons (Fsp3) is 0.500. The Hall–Kier alpha value is -1.40. The van der Waals surface area contributed by atoms with Gasteiger partial charge in [0.15, 0.2) is 17.7 Å². The molecule has 0 saturated carbocycles. The molecule has 6 atom stereocenters. The lowest BCUT2D eigenvalue weighted by Crippen LogP contribution is -2.35. The number of rotatable bonds is 8. The van der Waals surface area contributed by atoms with Crippen LogP contribution in [0.4, 0.5) is 5.82 Å². The molecule has 168 valence electrons. The van der Waals surface area contributed by atoms with Crippen LogP contribution in [0.25, 0.3) is 11.2 Å². The minimum absolute atomic E-state index is 0.0181. The third kappa shape index (κ3) is 5.25. The van der Waals surface area contributed by atoms with Crippen LogP contribution in [0, 0.1) is 0 Å². The van der Waals surface area contributed by atoms with Crippen molar-refractivity contribution >= 4 is 44.0 Å². The molecule has 1 aliphatic heterocycles. The van der Waals surface area contributed by atoms with Gasteiger partial charge in [0.1, 0.15) is 30.2 Å². The van der Waals surface area contributed by atoms with E-state index in [1.165, 1.54) is 4.57 Å². The number of nitrogen functional groups attached to an aromatic ring is 1. The van der Waals surface area contributed by atoms with Gasteiger partial charge in [-0.05, 0) is 0 Å². The molecule has 0 radical (unpaired) electrons. The molecule has 3 heterocycles. The average molecular weight is 491 g/mol. The molecule has 0 aromatic carbocycles. The topological polar surface area (TPSA) is 259 Å². The van der Waals surface area contributed by atoms with Crippen molar-refractivity contribution in [3.8, 4) is 0 Å². The van der Waals surface area contributed by atoms with Crippen molar-refractivity contribution in [2.24, 2.45) is 0 Å². The maximum absolute atomic E-state index is 11.6. The second-order valence-corrected chi connectivity index (χ2v) is 9.17. The molecule has 20 heteroatoms. The number of ether oxygens (including phenoxy) is 1. The van der Waals surface area contributed by atoms with Crippen molar-refractivity contribution in [3.05, 3.63) is 12.7 Å². The lowest BCUT2D eigenvalue weighted by Gasteiger charge is -2.21. The number of imidazole rings is 1. The second-order valence-electron chi connectivity index (χ2n) is 5.76. The highest BCUT2D eigenvalue weighted by Gasteiger charge is 2.49. The molecule has 2 aromatic rings. The highest BCUT2D eigenvalue weighted by atomic mass is 32.2. The van der Waals surface area contributed by atoms with Crippen LogP contribution in [0.5, 0.6) is 0 Å². The summed E-state index contributed by atoms with van der Waals surface area (Å²) in [6.45, 7) is -0.924. The van der Waals surface area contributed by atoms with Crippen molar-refractivity contribution in [2.75, 3.05) is 12.3 Å². The number of aliphatic hydroxyl groups excluding tert-OH is 1. The van der Waals surface area contributed by atoms with Gasteiger partial charge in [0, 0.05) is 0 Å². The Balaban J connectivity index is 1.88. The van der Waals surface area contributed by atoms with E-state index in [4.69, 9.17) is 24.8 Å². The number of hydrogen-bond donors (Lipinski definition) is 6. The largest absolute Gasteiger partial charge is 0.487 e. The van der Waals surface area contributed by atoms with Gasteiger partial charge >= 0.3 is 27.0 Å². The van der Waals surface area contributed by atoms with Crippen LogP contribution in [0.3, 0.4) is 0 Å². The maximum Gasteiger partial charge on any atom is 0.487 e. The van der Waals surface area contributed by atoms with Crippen molar-refractivity contribution < 1.29 is 55.4 Å². The second kappa shape index (κ2) is 8.62. The van der Waals surface area contributed by atoms with Crippen LogP contribution < -0.4 is 5.73 Å². The molecule has 0 spiro atoms. The monoisotopic (exact) mass is 491 g/mol. The number of fused-ring (bicyclic) bond motifs is 1. The summed E-state index contributed by atoms with van der Waals surface area (Å²) in [4.78, 5) is 39.2. The first-order valence-corrected chi connectivity index (χ1v) is 11.7. The van der Waals surface area contributed by atoms with E-state index >= 15 is 0 Å². The van der Waals surface area contributed by atoms with Gasteiger partial charge in [0.25, 0.3) is 0 Å². The van der Waals surface area contributed by atoms with E-state index in [1.54, 1.807) is 0 Å². The highest BCUT2D eigenvalue weighted by Crippen LogP contribution is 2.47. The minimum atomic E-state index is -5.15. The molecule has 0 bridgehead atoms. The zero-order valence-electron chi connectivity index (χ0n) is 14.4. The Labute approximate surface area is 169 Å². The normalized spacial score (nSPS) is 27.9. The number of nitrogens with zero attached hydrogens (tertiary/aromatic N) is 4. The van der Waals surface area contributed by atoms with Crippen molar-refractivity contribution in [2.45, 2.75) is 24.5 Å². The summed E-state index contributed by atoms with van der Waals surface area (Å²) in [7, 11) is -10.2. The number of phosphoric acid groups is 2. The summed E-state index contributed by atoms with van der Waals surface area (Å²) >= 11 is -3.14. The summed E-state index contributed by atoms with van der Waals surface area (Å²) < 4.78 is 61.4. The van der Waals surface area contributed by atoms with Gasteiger partial charge < -0.3 is 30.3 Å². The van der Waals surface area contributed by atoms with Crippen LogP contribution in [0.1, 0.15) is 6.23 Å². The number of aliphatic hydroxyl groups is 1.